The number of anilines is 3. The lowest BCUT2D eigenvalue weighted by atomic mass is 10.2. The zero-order valence-corrected chi connectivity index (χ0v) is 12.0. The number of carbonyl (C=O) groups is 1. The van der Waals surface area contributed by atoms with Crippen LogP contribution in [0.2, 0.25) is 5.02 Å². The molecule has 2 aromatic rings. The van der Waals surface area contributed by atoms with Gasteiger partial charge < -0.3 is 10.2 Å². The van der Waals surface area contributed by atoms with Crippen LogP contribution in [0.3, 0.4) is 0 Å². The van der Waals surface area contributed by atoms with Crippen molar-refractivity contribution in [2.45, 2.75) is 12.6 Å². The van der Waals surface area contributed by atoms with E-state index in [1.165, 1.54) is 0 Å². The number of rotatable bonds is 2. The van der Waals surface area contributed by atoms with E-state index < -0.39 is 0 Å². The topological polar surface area (TPSA) is 70.4 Å². The number of hydrogen-bond donors (Lipinski definition) is 3. The summed E-state index contributed by atoms with van der Waals surface area (Å²) in [5.41, 5.74) is 5.18. The van der Waals surface area contributed by atoms with Gasteiger partial charge in [-0.15, -0.1) is 0 Å². The Labute approximate surface area is 127 Å². The van der Waals surface area contributed by atoms with Gasteiger partial charge >= 0.3 is 0 Å². The summed E-state index contributed by atoms with van der Waals surface area (Å²) in [6, 6.07) is 15.2. The maximum atomic E-state index is 12.0. The highest BCUT2D eigenvalue weighted by Gasteiger charge is 2.28. The lowest BCUT2D eigenvalue weighted by Crippen LogP contribution is -2.47. The first-order valence-corrected chi connectivity index (χ1v) is 6.96. The number of para-hydroxylation sites is 1. The number of nitrogens with zero attached hydrogens (tertiary/aromatic N) is 1. The highest BCUT2D eigenvalue weighted by atomic mass is 35.5. The quantitative estimate of drug-likeness (QED) is 0.589. The highest BCUT2D eigenvalue weighted by Crippen LogP contribution is 2.37. The van der Waals surface area contributed by atoms with Gasteiger partial charge in [0.25, 0.3) is 0 Å². The molecule has 0 aliphatic carbocycles. The Kier molecular flexibility index (Phi) is 3.79. The minimum Gasteiger partial charge on any atom is -0.324 e. The van der Waals surface area contributed by atoms with Crippen molar-refractivity contribution >= 4 is 34.6 Å². The molecule has 1 aliphatic rings. The fourth-order valence-electron chi connectivity index (χ4n) is 2.50. The number of carbonyl (C=O) groups excluding carboxylic acids is 1. The molecule has 21 heavy (non-hydrogen) atoms. The summed E-state index contributed by atoms with van der Waals surface area (Å²) in [4.78, 5) is 14.0. The van der Waals surface area contributed by atoms with Crippen LogP contribution in [-0.4, -0.2) is 12.1 Å². The van der Waals surface area contributed by atoms with Crippen LogP contribution in [0, 0.1) is 0 Å². The SMILES string of the molecule is NNC1CC(=O)Nc2cc(Cl)ccc2N1c1ccccc1. The molecule has 1 aliphatic heterocycles. The zero-order valence-electron chi connectivity index (χ0n) is 11.2. The number of fused-ring (bicyclic) bond motifs is 1. The van der Waals surface area contributed by atoms with Crippen LogP contribution in [0.4, 0.5) is 17.1 Å². The molecule has 2 aromatic carbocycles. The molecule has 4 N–H and O–H groups in total. The monoisotopic (exact) mass is 302 g/mol. The van der Waals surface area contributed by atoms with E-state index in [-0.39, 0.29) is 18.5 Å². The Hall–Kier alpha value is -2.08. The minimum absolute atomic E-state index is 0.111. The van der Waals surface area contributed by atoms with E-state index in [2.05, 4.69) is 10.7 Å². The molecule has 0 fully saturated rings. The van der Waals surface area contributed by atoms with Gasteiger partial charge in [-0.3, -0.25) is 10.6 Å². The lowest BCUT2D eigenvalue weighted by molar-refractivity contribution is -0.116. The van der Waals surface area contributed by atoms with Crippen molar-refractivity contribution in [1.82, 2.24) is 5.43 Å². The van der Waals surface area contributed by atoms with Crippen LogP contribution in [0.25, 0.3) is 0 Å². The van der Waals surface area contributed by atoms with Crippen molar-refractivity contribution in [3.63, 3.8) is 0 Å². The first-order chi connectivity index (χ1) is 10.2. The second-order valence-electron chi connectivity index (χ2n) is 4.80. The third-order valence-corrected chi connectivity index (χ3v) is 3.64. The van der Waals surface area contributed by atoms with Crippen LogP contribution in [-0.2, 0) is 4.79 Å². The first-order valence-electron chi connectivity index (χ1n) is 6.59. The van der Waals surface area contributed by atoms with Crippen molar-refractivity contribution in [3.05, 3.63) is 53.6 Å². The van der Waals surface area contributed by atoms with Gasteiger partial charge in [-0.2, -0.15) is 0 Å². The number of nitrogens with one attached hydrogen (secondary N) is 2. The molecule has 108 valence electrons. The number of benzene rings is 2. The van der Waals surface area contributed by atoms with E-state index in [0.717, 1.165) is 11.4 Å². The Morgan fingerprint density at radius 3 is 2.71 bits per heavy atom. The summed E-state index contributed by atoms with van der Waals surface area (Å²) in [7, 11) is 0. The van der Waals surface area contributed by atoms with Gasteiger partial charge in [0.2, 0.25) is 5.91 Å². The normalized spacial score (nSPS) is 17.9. The molecule has 0 aromatic heterocycles. The molecule has 0 saturated heterocycles. The van der Waals surface area contributed by atoms with Crippen molar-refractivity contribution in [3.8, 4) is 0 Å². The van der Waals surface area contributed by atoms with Gasteiger partial charge in [0.05, 0.1) is 17.8 Å². The first kappa shape index (κ1) is 13.9. The molecule has 1 amide bonds. The zero-order chi connectivity index (χ0) is 14.8. The van der Waals surface area contributed by atoms with Crippen molar-refractivity contribution < 1.29 is 4.79 Å². The standard InChI is InChI=1S/C15H15ClN4O/c16-10-6-7-13-12(8-10)18-15(21)9-14(19-17)20(13)11-4-2-1-3-5-11/h1-8,14,19H,9,17H2,(H,18,21). The average Bonchev–Trinajstić information content (AvgIpc) is 2.63. The van der Waals surface area contributed by atoms with E-state index in [1.807, 2.05) is 41.3 Å². The maximum Gasteiger partial charge on any atom is 0.227 e. The summed E-state index contributed by atoms with van der Waals surface area (Å²) in [6.45, 7) is 0. The third-order valence-electron chi connectivity index (χ3n) is 3.41. The van der Waals surface area contributed by atoms with Crippen molar-refractivity contribution in [1.29, 1.82) is 0 Å². The Bertz CT molecular complexity index is 662. The lowest BCUT2D eigenvalue weighted by Gasteiger charge is -2.31. The van der Waals surface area contributed by atoms with Gasteiger partial charge in [-0.25, -0.2) is 5.43 Å². The van der Waals surface area contributed by atoms with Crippen LogP contribution in [0.15, 0.2) is 48.5 Å². The van der Waals surface area contributed by atoms with Gasteiger partial charge in [-0.1, -0.05) is 29.8 Å². The van der Waals surface area contributed by atoms with Crippen molar-refractivity contribution in [2.75, 3.05) is 10.2 Å². The summed E-state index contributed by atoms with van der Waals surface area (Å²) in [6.07, 6.45) is -0.104. The van der Waals surface area contributed by atoms with Crippen LogP contribution in [0.5, 0.6) is 0 Å². The predicted molar refractivity (Wildman–Crippen MR) is 84.4 cm³/mol. The minimum atomic E-state index is -0.338. The molecule has 0 spiro atoms. The van der Waals surface area contributed by atoms with Gasteiger partial charge in [0.1, 0.15) is 6.17 Å². The van der Waals surface area contributed by atoms with Crippen LogP contribution in [0.1, 0.15) is 6.42 Å². The van der Waals surface area contributed by atoms with Gasteiger partial charge in [0, 0.05) is 10.7 Å². The fourth-order valence-corrected chi connectivity index (χ4v) is 2.67. The molecule has 6 heteroatoms. The van der Waals surface area contributed by atoms with E-state index in [4.69, 9.17) is 17.4 Å². The Morgan fingerprint density at radius 1 is 1.24 bits per heavy atom. The summed E-state index contributed by atoms with van der Waals surface area (Å²) >= 11 is 6.03. The van der Waals surface area contributed by atoms with E-state index >= 15 is 0 Å². The molecule has 3 rings (SSSR count). The molecule has 1 heterocycles. The third kappa shape index (κ3) is 2.71. The fraction of sp³-hybridized carbons (Fsp3) is 0.133. The molecular formula is C15H15ClN4O. The maximum absolute atomic E-state index is 12.0. The summed E-state index contributed by atoms with van der Waals surface area (Å²) in [5, 5.41) is 3.44. The second-order valence-corrected chi connectivity index (χ2v) is 5.24. The summed E-state index contributed by atoms with van der Waals surface area (Å²) in [5.74, 6) is 5.54. The highest BCUT2D eigenvalue weighted by molar-refractivity contribution is 6.31. The predicted octanol–water partition coefficient (Wildman–Crippen LogP) is 2.61. The van der Waals surface area contributed by atoms with E-state index in [1.54, 1.807) is 12.1 Å². The van der Waals surface area contributed by atoms with Crippen molar-refractivity contribution in [2.24, 2.45) is 5.84 Å². The molecule has 0 saturated carbocycles. The molecule has 1 atom stereocenters. The number of halogens is 1. The van der Waals surface area contributed by atoms with E-state index in [0.29, 0.717) is 10.7 Å². The molecule has 5 nitrogen and oxygen atoms in total. The Morgan fingerprint density at radius 2 is 2.00 bits per heavy atom. The van der Waals surface area contributed by atoms with Gasteiger partial charge in [0.15, 0.2) is 0 Å². The molecule has 0 radical (unpaired) electrons. The molecule has 1 unspecified atom stereocenters. The number of nitrogens with two attached hydrogens (primary N) is 1. The molecule has 0 bridgehead atoms. The largest absolute Gasteiger partial charge is 0.324 e. The second kappa shape index (κ2) is 5.73. The van der Waals surface area contributed by atoms with Crippen LogP contribution >= 0.6 is 11.6 Å². The molecular weight excluding hydrogens is 288 g/mol. The number of hydrazine groups is 1. The smallest absolute Gasteiger partial charge is 0.227 e. The van der Waals surface area contributed by atoms with Crippen LogP contribution < -0.4 is 21.5 Å². The number of hydrogen-bond acceptors (Lipinski definition) is 4. The number of amides is 1. The Balaban J connectivity index is 2.16. The van der Waals surface area contributed by atoms with E-state index in [9.17, 15) is 4.79 Å². The average molecular weight is 303 g/mol. The van der Waals surface area contributed by atoms with Gasteiger partial charge in [-0.05, 0) is 30.3 Å². The summed E-state index contributed by atoms with van der Waals surface area (Å²) < 4.78 is 0.